The highest BCUT2D eigenvalue weighted by molar-refractivity contribution is 5.41. The molecule has 0 radical (unpaired) electrons. The van der Waals surface area contributed by atoms with E-state index >= 15 is 0 Å². The zero-order valence-corrected chi connectivity index (χ0v) is 14.0. The first-order valence-corrected chi connectivity index (χ1v) is 8.86. The van der Waals surface area contributed by atoms with Crippen molar-refractivity contribution in [2.75, 3.05) is 6.54 Å². The molecular weight excluding hydrogens is 254 g/mol. The fourth-order valence-electron chi connectivity index (χ4n) is 5.37. The lowest BCUT2D eigenvalue weighted by atomic mass is 9.50. The zero-order valence-electron chi connectivity index (χ0n) is 14.0. The average molecular weight is 285 g/mol. The maximum atomic E-state index is 6.19. The highest BCUT2D eigenvalue weighted by atomic mass is 14.7. The van der Waals surface area contributed by atoms with E-state index in [4.69, 9.17) is 5.73 Å². The molecule has 0 aromatic heterocycles. The summed E-state index contributed by atoms with van der Waals surface area (Å²) < 4.78 is 0. The molecule has 1 saturated carbocycles. The summed E-state index contributed by atoms with van der Waals surface area (Å²) in [6, 6.07) is 7.33. The molecule has 0 unspecified atom stereocenters. The molecule has 0 amide bonds. The second-order valence-electron chi connectivity index (χ2n) is 7.96. The summed E-state index contributed by atoms with van der Waals surface area (Å²) in [4.78, 5) is 0. The molecule has 0 spiro atoms. The lowest BCUT2D eigenvalue weighted by Crippen LogP contribution is -2.51. The van der Waals surface area contributed by atoms with Crippen LogP contribution in [0.15, 0.2) is 18.2 Å². The zero-order chi connectivity index (χ0) is 15.1. The van der Waals surface area contributed by atoms with Gasteiger partial charge in [-0.25, -0.2) is 0 Å². The Morgan fingerprint density at radius 3 is 2.76 bits per heavy atom. The predicted molar refractivity (Wildman–Crippen MR) is 90.6 cm³/mol. The molecular formula is C20H31N. The minimum absolute atomic E-state index is 0.340. The number of fused-ring (bicyclic) bond motifs is 3. The Morgan fingerprint density at radius 1 is 1.24 bits per heavy atom. The van der Waals surface area contributed by atoms with Gasteiger partial charge in [0, 0.05) is 0 Å². The first-order chi connectivity index (χ1) is 10.0. The molecule has 2 N–H and O–H groups in total. The van der Waals surface area contributed by atoms with Gasteiger partial charge in [0.1, 0.15) is 0 Å². The van der Waals surface area contributed by atoms with Gasteiger partial charge in [-0.15, -0.1) is 0 Å². The normalized spacial score (nSPS) is 35.1. The Hall–Kier alpha value is -0.820. The SMILES string of the molecule is CCCc1ccc2c(c1)CC[C@@H]1[C@@](C)(CN)CCC[C@@]21C. The van der Waals surface area contributed by atoms with E-state index in [2.05, 4.69) is 39.0 Å². The number of nitrogens with two attached hydrogens (primary N) is 1. The van der Waals surface area contributed by atoms with Crippen molar-refractivity contribution in [3.63, 3.8) is 0 Å². The largest absolute Gasteiger partial charge is 0.330 e. The van der Waals surface area contributed by atoms with Gasteiger partial charge < -0.3 is 5.73 Å². The van der Waals surface area contributed by atoms with Crippen molar-refractivity contribution in [3.05, 3.63) is 34.9 Å². The molecule has 21 heavy (non-hydrogen) atoms. The highest BCUT2D eigenvalue weighted by Crippen LogP contribution is 2.56. The fraction of sp³-hybridized carbons (Fsp3) is 0.700. The van der Waals surface area contributed by atoms with E-state index in [0.717, 1.165) is 12.5 Å². The Bertz CT molecular complexity index is 521. The third-order valence-electron chi connectivity index (χ3n) is 6.55. The van der Waals surface area contributed by atoms with E-state index in [0.29, 0.717) is 10.8 Å². The van der Waals surface area contributed by atoms with Gasteiger partial charge in [0.15, 0.2) is 0 Å². The highest BCUT2D eigenvalue weighted by Gasteiger charge is 2.50. The van der Waals surface area contributed by atoms with Gasteiger partial charge >= 0.3 is 0 Å². The van der Waals surface area contributed by atoms with E-state index in [-0.39, 0.29) is 0 Å². The summed E-state index contributed by atoms with van der Waals surface area (Å²) in [7, 11) is 0. The minimum Gasteiger partial charge on any atom is -0.330 e. The fourth-order valence-corrected chi connectivity index (χ4v) is 5.37. The van der Waals surface area contributed by atoms with Gasteiger partial charge in [0.05, 0.1) is 0 Å². The van der Waals surface area contributed by atoms with E-state index < -0.39 is 0 Å². The standard InChI is InChI=1S/C20H31N/c1-4-6-15-7-9-17-16(13-15)8-10-18-19(2,14-21)11-5-12-20(17,18)3/h7,9,13,18H,4-6,8,10-12,14,21H2,1-3H3/t18-,19-,20+/m1/s1. The molecule has 0 saturated heterocycles. The molecule has 1 nitrogen and oxygen atoms in total. The summed E-state index contributed by atoms with van der Waals surface area (Å²) in [6.07, 6.45) is 9.02. The van der Waals surface area contributed by atoms with Crippen molar-refractivity contribution in [1.29, 1.82) is 0 Å². The lowest BCUT2D eigenvalue weighted by molar-refractivity contribution is 0.0327. The van der Waals surface area contributed by atoms with Crippen LogP contribution in [0.3, 0.4) is 0 Å². The van der Waals surface area contributed by atoms with Crippen molar-refractivity contribution < 1.29 is 0 Å². The van der Waals surface area contributed by atoms with Gasteiger partial charge in [-0.3, -0.25) is 0 Å². The van der Waals surface area contributed by atoms with Gasteiger partial charge in [0.2, 0.25) is 0 Å². The van der Waals surface area contributed by atoms with Gasteiger partial charge in [-0.2, -0.15) is 0 Å². The monoisotopic (exact) mass is 285 g/mol. The Morgan fingerprint density at radius 2 is 2.05 bits per heavy atom. The summed E-state index contributed by atoms with van der Waals surface area (Å²) in [5, 5.41) is 0. The van der Waals surface area contributed by atoms with Gasteiger partial charge in [-0.05, 0) is 72.1 Å². The molecule has 3 atom stereocenters. The van der Waals surface area contributed by atoms with Crippen LogP contribution < -0.4 is 5.73 Å². The molecule has 2 aliphatic carbocycles. The van der Waals surface area contributed by atoms with Gasteiger partial charge in [-0.1, -0.05) is 51.8 Å². The van der Waals surface area contributed by atoms with Gasteiger partial charge in [0.25, 0.3) is 0 Å². The maximum Gasteiger partial charge on any atom is -0.00202 e. The van der Waals surface area contributed by atoms with Crippen molar-refractivity contribution in [2.24, 2.45) is 17.1 Å². The predicted octanol–water partition coefficient (Wildman–Crippen LogP) is 4.61. The van der Waals surface area contributed by atoms with Crippen LogP contribution in [-0.4, -0.2) is 6.54 Å². The van der Waals surface area contributed by atoms with Crippen LogP contribution in [-0.2, 0) is 18.3 Å². The van der Waals surface area contributed by atoms with Crippen LogP contribution in [0.1, 0.15) is 69.6 Å². The minimum atomic E-state index is 0.340. The lowest BCUT2D eigenvalue weighted by Gasteiger charge is -2.55. The third-order valence-corrected chi connectivity index (χ3v) is 6.55. The van der Waals surface area contributed by atoms with Crippen LogP contribution in [0.5, 0.6) is 0 Å². The van der Waals surface area contributed by atoms with Crippen LogP contribution in [0.25, 0.3) is 0 Å². The van der Waals surface area contributed by atoms with Crippen molar-refractivity contribution in [3.8, 4) is 0 Å². The van der Waals surface area contributed by atoms with Crippen LogP contribution in [0.2, 0.25) is 0 Å². The molecule has 1 heteroatoms. The second kappa shape index (κ2) is 5.43. The Kier molecular flexibility index (Phi) is 3.90. The molecule has 2 aliphatic rings. The molecule has 1 fully saturated rings. The molecule has 116 valence electrons. The maximum absolute atomic E-state index is 6.19. The number of benzene rings is 1. The number of hydrogen-bond donors (Lipinski definition) is 1. The topological polar surface area (TPSA) is 26.0 Å². The quantitative estimate of drug-likeness (QED) is 0.862. The summed E-state index contributed by atoms with van der Waals surface area (Å²) in [6.45, 7) is 8.06. The Balaban J connectivity index is 2.01. The van der Waals surface area contributed by atoms with E-state index in [1.54, 1.807) is 11.1 Å². The third kappa shape index (κ3) is 2.34. The number of aryl methyl sites for hydroxylation is 2. The molecule has 0 aliphatic heterocycles. The first-order valence-electron chi connectivity index (χ1n) is 8.86. The molecule has 1 aromatic carbocycles. The van der Waals surface area contributed by atoms with Crippen LogP contribution >= 0.6 is 0 Å². The molecule has 3 rings (SSSR count). The molecule has 0 heterocycles. The van der Waals surface area contributed by atoms with E-state index in [9.17, 15) is 0 Å². The number of hydrogen-bond acceptors (Lipinski definition) is 1. The first kappa shape index (κ1) is 15.1. The van der Waals surface area contributed by atoms with E-state index in [1.807, 2.05) is 0 Å². The van der Waals surface area contributed by atoms with Crippen molar-refractivity contribution in [1.82, 2.24) is 0 Å². The second-order valence-corrected chi connectivity index (χ2v) is 7.96. The molecule has 1 aromatic rings. The Labute approximate surface area is 130 Å². The smallest absolute Gasteiger partial charge is 0.00202 e. The van der Waals surface area contributed by atoms with Crippen LogP contribution in [0.4, 0.5) is 0 Å². The summed E-state index contributed by atoms with van der Waals surface area (Å²) in [5.74, 6) is 0.758. The summed E-state index contributed by atoms with van der Waals surface area (Å²) >= 11 is 0. The molecule has 0 bridgehead atoms. The van der Waals surface area contributed by atoms with E-state index in [1.165, 1.54) is 50.5 Å². The average Bonchev–Trinajstić information content (AvgIpc) is 2.47. The van der Waals surface area contributed by atoms with Crippen LogP contribution in [0, 0.1) is 11.3 Å². The van der Waals surface area contributed by atoms with Crippen molar-refractivity contribution in [2.45, 2.75) is 71.1 Å². The number of rotatable bonds is 3. The van der Waals surface area contributed by atoms with Crippen molar-refractivity contribution >= 4 is 0 Å². The summed E-state index contributed by atoms with van der Waals surface area (Å²) in [5.41, 5.74) is 11.7.